The first-order valence-electron chi connectivity index (χ1n) is 7.07. The highest BCUT2D eigenvalue weighted by molar-refractivity contribution is 7.99. The molecular formula is C15H19ClN4O2S. The highest BCUT2D eigenvalue weighted by atomic mass is 35.5. The predicted molar refractivity (Wildman–Crippen MR) is 91.7 cm³/mol. The zero-order valence-electron chi connectivity index (χ0n) is 13.2. The number of rotatable bonds is 7. The molecule has 0 saturated heterocycles. The molecule has 1 amide bonds. The van der Waals surface area contributed by atoms with Crippen molar-refractivity contribution in [2.24, 2.45) is 7.05 Å². The minimum atomic E-state index is -0.0596. The molecule has 2 rings (SSSR count). The summed E-state index contributed by atoms with van der Waals surface area (Å²) in [6, 6.07) is 7.38. The maximum Gasteiger partial charge on any atom is 0.230 e. The fraction of sp³-hybridized carbons (Fsp3) is 0.400. The van der Waals surface area contributed by atoms with Gasteiger partial charge in [-0.2, -0.15) is 0 Å². The van der Waals surface area contributed by atoms with Crippen molar-refractivity contribution in [2.75, 3.05) is 19.5 Å². The van der Waals surface area contributed by atoms with E-state index in [0.29, 0.717) is 16.8 Å². The first kappa shape index (κ1) is 17.8. The third-order valence-electron chi connectivity index (χ3n) is 3.09. The number of nitrogens with zero attached hydrogens (tertiary/aromatic N) is 3. The number of thioether (sulfide) groups is 1. The van der Waals surface area contributed by atoms with Gasteiger partial charge in [0, 0.05) is 30.8 Å². The summed E-state index contributed by atoms with van der Waals surface area (Å²) in [5, 5.41) is 12.5. The molecule has 0 radical (unpaired) electrons. The number of halogens is 1. The van der Waals surface area contributed by atoms with Gasteiger partial charge >= 0.3 is 0 Å². The van der Waals surface area contributed by atoms with Crippen LogP contribution in [0.15, 0.2) is 29.4 Å². The van der Waals surface area contributed by atoms with Gasteiger partial charge in [0.05, 0.1) is 12.4 Å². The molecule has 0 aliphatic heterocycles. The topological polar surface area (TPSA) is 69.0 Å². The molecule has 1 unspecified atom stereocenters. The number of hydrogen-bond donors (Lipinski definition) is 1. The van der Waals surface area contributed by atoms with Crippen LogP contribution in [0.25, 0.3) is 11.4 Å². The average molecular weight is 355 g/mol. The van der Waals surface area contributed by atoms with Crippen LogP contribution in [0.3, 0.4) is 0 Å². The summed E-state index contributed by atoms with van der Waals surface area (Å²) in [5.74, 6) is 0.952. The molecule has 1 aromatic carbocycles. The second kappa shape index (κ2) is 8.33. The summed E-state index contributed by atoms with van der Waals surface area (Å²) in [5.41, 5.74) is 0.925. The fourth-order valence-corrected chi connectivity index (χ4v) is 2.88. The van der Waals surface area contributed by atoms with Crippen LogP contribution >= 0.6 is 23.4 Å². The fourth-order valence-electron chi connectivity index (χ4n) is 2.03. The number of amides is 1. The molecule has 0 fully saturated rings. The average Bonchev–Trinajstić information content (AvgIpc) is 2.87. The van der Waals surface area contributed by atoms with Crippen molar-refractivity contribution in [1.29, 1.82) is 0 Å². The highest BCUT2D eigenvalue weighted by Crippen LogP contribution is 2.23. The number of carbonyl (C=O) groups excluding carboxylic acids is 1. The Hall–Kier alpha value is -1.57. The van der Waals surface area contributed by atoms with Crippen LogP contribution in [0.2, 0.25) is 5.02 Å². The Balaban J connectivity index is 1.97. The Labute approximate surface area is 144 Å². The molecule has 1 N–H and O–H groups in total. The van der Waals surface area contributed by atoms with Crippen molar-refractivity contribution >= 4 is 29.3 Å². The summed E-state index contributed by atoms with van der Waals surface area (Å²) in [4.78, 5) is 11.9. The summed E-state index contributed by atoms with van der Waals surface area (Å²) in [6.07, 6.45) is 0. The first-order chi connectivity index (χ1) is 11.0. The number of methoxy groups -OCH3 is 1. The lowest BCUT2D eigenvalue weighted by atomic mass is 10.2. The van der Waals surface area contributed by atoms with Gasteiger partial charge < -0.3 is 14.6 Å². The largest absolute Gasteiger partial charge is 0.383 e. The SMILES string of the molecule is COCC(C)NC(=O)CSc1nnc(-c2ccc(Cl)cc2)n1C. The number of carbonyl (C=O) groups is 1. The zero-order chi connectivity index (χ0) is 16.8. The molecule has 0 bridgehead atoms. The van der Waals surface area contributed by atoms with Gasteiger partial charge in [0.1, 0.15) is 0 Å². The normalized spacial score (nSPS) is 12.2. The minimum absolute atomic E-state index is 0.0165. The molecule has 1 aromatic heterocycles. The van der Waals surface area contributed by atoms with Crippen LogP contribution < -0.4 is 5.32 Å². The smallest absolute Gasteiger partial charge is 0.230 e. The van der Waals surface area contributed by atoms with Gasteiger partial charge in [-0.05, 0) is 31.2 Å². The number of benzene rings is 1. The third-order valence-corrected chi connectivity index (χ3v) is 4.37. The van der Waals surface area contributed by atoms with Crippen LogP contribution in [0, 0.1) is 0 Å². The minimum Gasteiger partial charge on any atom is -0.383 e. The Morgan fingerprint density at radius 3 is 2.74 bits per heavy atom. The highest BCUT2D eigenvalue weighted by Gasteiger charge is 2.13. The second-order valence-corrected chi connectivity index (χ2v) is 6.46. The van der Waals surface area contributed by atoms with Crippen molar-refractivity contribution in [1.82, 2.24) is 20.1 Å². The Kier molecular flexibility index (Phi) is 6.44. The molecule has 8 heteroatoms. The lowest BCUT2D eigenvalue weighted by Gasteiger charge is -2.12. The van der Waals surface area contributed by atoms with E-state index in [9.17, 15) is 4.79 Å². The molecule has 124 valence electrons. The molecule has 0 aliphatic carbocycles. The van der Waals surface area contributed by atoms with Crippen molar-refractivity contribution in [2.45, 2.75) is 18.1 Å². The van der Waals surface area contributed by atoms with Crippen LogP contribution in [0.5, 0.6) is 0 Å². The van der Waals surface area contributed by atoms with Crippen molar-refractivity contribution in [3.05, 3.63) is 29.3 Å². The Bertz CT molecular complexity index is 660. The summed E-state index contributed by atoms with van der Waals surface area (Å²) >= 11 is 7.24. The van der Waals surface area contributed by atoms with E-state index in [1.165, 1.54) is 11.8 Å². The second-order valence-electron chi connectivity index (χ2n) is 5.08. The molecule has 1 heterocycles. The molecule has 1 atom stereocenters. The van der Waals surface area contributed by atoms with Crippen LogP contribution in [-0.4, -0.2) is 46.2 Å². The van der Waals surface area contributed by atoms with Crippen molar-refractivity contribution in [3.8, 4) is 11.4 Å². The maximum atomic E-state index is 11.9. The van der Waals surface area contributed by atoms with Crippen LogP contribution in [0.4, 0.5) is 0 Å². The predicted octanol–water partition coefficient (Wildman–Crippen LogP) is 2.38. The summed E-state index contributed by atoms with van der Waals surface area (Å²) in [7, 11) is 3.48. The monoisotopic (exact) mass is 354 g/mol. The Morgan fingerprint density at radius 2 is 2.09 bits per heavy atom. The van der Waals surface area contributed by atoms with E-state index in [2.05, 4.69) is 15.5 Å². The molecule has 0 saturated carbocycles. The quantitative estimate of drug-likeness (QED) is 0.773. The summed E-state index contributed by atoms with van der Waals surface area (Å²) in [6.45, 7) is 2.38. The number of nitrogens with one attached hydrogen (secondary N) is 1. The van der Waals surface area contributed by atoms with Gasteiger partial charge in [0.15, 0.2) is 11.0 Å². The van der Waals surface area contributed by atoms with Crippen molar-refractivity contribution < 1.29 is 9.53 Å². The van der Waals surface area contributed by atoms with E-state index in [1.807, 2.05) is 42.8 Å². The van der Waals surface area contributed by atoms with Gasteiger partial charge in [-0.1, -0.05) is 23.4 Å². The van der Waals surface area contributed by atoms with E-state index in [-0.39, 0.29) is 17.7 Å². The van der Waals surface area contributed by atoms with Crippen LogP contribution in [0.1, 0.15) is 6.92 Å². The van der Waals surface area contributed by atoms with Crippen LogP contribution in [-0.2, 0) is 16.6 Å². The lowest BCUT2D eigenvalue weighted by Crippen LogP contribution is -2.36. The molecule has 6 nitrogen and oxygen atoms in total. The third kappa shape index (κ3) is 4.95. The van der Waals surface area contributed by atoms with Gasteiger partial charge in [-0.3, -0.25) is 4.79 Å². The zero-order valence-corrected chi connectivity index (χ0v) is 14.8. The van der Waals surface area contributed by atoms with E-state index < -0.39 is 0 Å². The molecular weight excluding hydrogens is 336 g/mol. The summed E-state index contributed by atoms with van der Waals surface area (Å²) < 4.78 is 6.85. The molecule has 0 spiro atoms. The standard InChI is InChI=1S/C15H19ClN4O2S/c1-10(8-22-3)17-13(21)9-23-15-19-18-14(20(15)2)11-4-6-12(16)7-5-11/h4-7,10H,8-9H2,1-3H3,(H,17,21). The van der Waals surface area contributed by atoms with Gasteiger partial charge in [0.25, 0.3) is 0 Å². The van der Waals surface area contributed by atoms with Gasteiger partial charge in [0.2, 0.25) is 5.91 Å². The Morgan fingerprint density at radius 1 is 1.39 bits per heavy atom. The van der Waals surface area contributed by atoms with E-state index in [4.69, 9.17) is 16.3 Å². The van der Waals surface area contributed by atoms with E-state index in [0.717, 1.165) is 11.4 Å². The van der Waals surface area contributed by atoms with Crippen molar-refractivity contribution in [3.63, 3.8) is 0 Å². The number of hydrogen-bond acceptors (Lipinski definition) is 5. The maximum absolute atomic E-state index is 11.9. The van der Waals surface area contributed by atoms with Gasteiger partial charge in [-0.25, -0.2) is 0 Å². The lowest BCUT2D eigenvalue weighted by molar-refractivity contribution is -0.119. The molecule has 2 aromatic rings. The number of ether oxygens (including phenoxy) is 1. The number of aromatic nitrogens is 3. The molecule has 0 aliphatic rings. The van der Waals surface area contributed by atoms with Gasteiger partial charge in [-0.15, -0.1) is 10.2 Å². The first-order valence-corrected chi connectivity index (χ1v) is 8.44. The van der Waals surface area contributed by atoms with E-state index >= 15 is 0 Å². The molecule has 23 heavy (non-hydrogen) atoms. The van der Waals surface area contributed by atoms with E-state index in [1.54, 1.807) is 7.11 Å².